The van der Waals surface area contributed by atoms with Crippen molar-refractivity contribution in [2.75, 3.05) is 13.1 Å². The predicted octanol–water partition coefficient (Wildman–Crippen LogP) is 3.89. The maximum atomic E-state index is 14.9. The van der Waals surface area contributed by atoms with Crippen molar-refractivity contribution in [1.29, 1.82) is 0 Å². The highest BCUT2D eigenvalue weighted by Crippen LogP contribution is 2.37. The summed E-state index contributed by atoms with van der Waals surface area (Å²) >= 11 is 0. The van der Waals surface area contributed by atoms with Crippen LogP contribution in [0, 0.1) is 5.82 Å². The highest BCUT2D eigenvalue weighted by Gasteiger charge is 2.20. The number of phenolic OH excluding ortho intramolecular Hbond substituents is 2. The van der Waals surface area contributed by atoms with Gasteiger partial charge in [-0.2, -0.15) is 5.10 Å². The fraction of sp³-hybridized carbons (Fsp3) is 0.391. The Kier molecular flexibility index (Phi) is 5.82. The Morgan fingerprint density at radius 1 is 1.10 bits per heavy atom. The highest BCUT2D eigenvalue weighted by atomic mass is 19.1. The van der Waals surface area contributed by atoms with Gasteiger partial charge in [-0.05, 0) is 55.6 Å². The first-order chi connectivity index (χ1) is 14.8. The lowest BCUT2D eigenvalue weighted by molar-refractivity contribution is 0.218. The molecule has 2 aromatic carbocycles. The maximum Gasteiger partial charge on any atom is 0.348 e. The minimum Gasteiger partial charge on any atom is -0.508 e. The van der Waals surface area contributed by atoms with Crippen LogP contribution in [0.4, 0.5) is 4.39 Å². The van der Waals surface area contributed by atoms with Gasteiger partial charge in [0.1, 0.15) is 17.3 Å². The summed E-state index contributed by atoms with van der Waals surface area (Å²) in [6.07, 6.45) is 3.47. The Bertz CT molecular complexity index is 1150. The molecule has 3 aromatic rings. The standard InChI is InChI=1S/C23H27FN4O3/c1-14(2)17-11-18(21(30)12-20(17)29)22-25-26-23(31)28(22)16-7-6-15(19(24)10-16)13-27-8-4-3-5-9-27/h6-7,10-12,14,29-30H,3-5,8-9,13H2,1-2H3,(H,26,31). The molecule has 1 aromatic heterocycles. The number of hydrogen-bond acceptors (Lipinski definition) is 5. The summed E-state index contributed by atoms with van der Waals surface area (Å²) < 4.78 is 16.1. The number of H-pyrrole nitrogens is 1. The lowest BCUT2D eigenvalue weighted by Gasteiger charge is -2.26. The van der Waals surface area contributed by atoms with Crippen molar-refractivity contribution in [3.05, 3.63) is 57.8 Å². The van der Waals surface area contributed by atoms with Crippen molar-refractivity contribution in [2.24, 2.45) is 0 Å². The SMILES string of the molecule is CC(C)c1cc(-c2n[nH]c(=O)n2-c2ccc(CN3CCCCC3)c(F)c2)c(O)cc1O. The summed E-state index contributed by atoms with van der Waals surface area (Å²) in [7, 11) is 0. The first-order valence-corrected chi connectivity index (χ1v) is 10.6. The third-order valence-electron chi connectivity index (χ3n) is 5.82. The zero-order chi connectivity index (χ0) is 22.1. The molecule has 0 spiro atoms. The number of hydrogen-bond donors (Lipinski definition) is 3. The van der Waals surface area contributed by atoms with E-state index in [1.165, 1.54) is 23.1 Å². The zero-order valence-electron chi connectivity index (χ0n) is 17.7. The molecule has 7 nitrogen and oxygen atoms in total. The van der Waals surface area contributed by atoms with Crippen LogP contribution in [0.3, 0.4) is 0 Å². The van der Waals surface area contributed by atoms with Crippen molar-refractivity contribution < 1.29 is 14.6 Å². The number of benzene rings is 2. The van der Waals surface area contributed by atoms with Crippen molar-refractivity contribution in [3.63, 3.8) is 0 Å². The average Bonchev–Trinajstić information content (AvgIpc) is 3.11. The van der Waals surface area contributed by atoms with E-state index in [1.54, 1.807) is 18.2 Å². The molecule has 4 rings (SSSR count). The zero-order valence-corrected chi connectivity index (χ0v) is 17.7. The molecule has 3 N–H and O–H groups in total. The normalized spacial score (nSPS) is 15.0. The third kappa shape index (κ3) is 4.20. The van der Waals surface area contributed by atoms with Gasteiger partial charge >= 0.3 is 5.69 Å². The number of piperidine rings is 1. The van der Waals surface area contributed by atoms with Crippen molar-refractivity contribution >= 4 is 0 Å². The molecule has 8 heteroatoms. The third-order valence-corrected chi connectivity index (χ3v) is 5.82. The summed E-state index contributed by atoms with van der Waals surface area (Å²) in [5, 5.41) is 26.9. The summed E-state index contributed by atoms with van der Waals surface area (Å²) in [6, 6.07) is 7.53. The Hall–Kier alpha value is -3.13. The van der Waals surface area contributed by atoms with Gasteiger partial charge in [0.25, 0.3) is 0 Å². The maximum absolute atomic E-state index is 14.9. The number of likely N-dealkylation sites (tertiary alicyclic amines) is 1. The summed E-state index contributed by atoms with van der Waals surface area (Å²) in [6.45, 7) is 6.28. The number of aromatic nitrogens is 3. The second-order valence-corrected chi connectivity index (χ2v) is 8.38. The molecule has 2 heterocycles. The second kappa shape index (κ2) is 8.55. The van der Waals surface area contributed by atoms with E-state index in [0.29, 0.717) is 23.4 Å². The number of aromatic hydroxyl groups is 2. The van der Waals surface area contributed by atoms with Crippen molar-refractivity contribution in [1.82, 2.24) is 19.7 Å². The molecule has 1 aliphatic rings. The van der Waals surface area contributed by atoms with Crippen LogP contribution >= 0.6 is 0 Å². The first-order valence-electron chi connectivity index (χ1n) is 10.6. The molecule has 0 unspecified atom stereocenters. The fourth-order valence-electron chi connectivity index (χ4n) is 4.11. The van der Waals surface area contributed by atoms with Gasteiger partial charge in [0.15, 0.2) is 5.82 Å². The number of nitrogens with one attached hydrogen (secondary N) is 1. The molecule has 0 atom stereocenters. The molecule has 0 radical (unpaired) electrons. The van der Waals surface area contributed by atoms with Crippen molar-refractivity contribution in [3.8, 4) is 28.6 Å². The van der Waals surface area contributed by atoms with Crippen LogP contribution in [0.25, 0.3) is 17.1 Å². The Labute approximate surface area is 179 Å². The van der Waals surface area contributed by atoms with Crippen LogP contribution in [-0.4, -0.2) is 43.0 Å². The monoisotopic (exact) mass is 426 g/mol. The number of nitrogens with zero attached hydrogens (tertiary/aromatic N) is 3. The topological polar surface area (TPSA) is 94.4 Å². The van der Waals surface area contributed by atoms with Crippen LogP contribution in [0.1, 0.15) is 50.2 Å². The van der Waals surface area contributed by atoms with E-state index in [2.05, 4.69) is 15.1 Å². The van der Waals surface area contributed by atoms with Crippen LogP contribution in [0.15, 0.2) is 35.1 Å². The van der Waals surface area contributed by atoms with Crippen LogP contribution in [-0.2, 0) is 6.54 Å². The van der Waals surface area contributed by atoms with Gasteiger partial charge in [-0.3, -0.25) is 4.90 Å². The highest BCUT2D eigenvalue weighted by molar-refractivity contribution is 5.69. The molecule has 1 saturated heterocycles. The molecule has 0 aliphatic carbocycles. The van der Waals surface area contributed by atoms with E-state index in [4.69, 9.17) is 0 Å². The Morgan fingerprint density at radius 2 is 1.84 bits per heavy atom. The first kappa shape index (κ1) is 21.1. The van der Waals surface area contributed by atoms with Gasteiger partial charge in [-0.25, -0.2) is 18.9 Å². The van der Waals surface area contributed by atoms with E-state index in [9.17, 15) is 19.4 Å². The van der Waals surface area contributed by atoms with Crippen LogP contribution in [0.2, 0.25) is 0 Å². The molecule has 164 valence electrons. The minimum absolute atomic E-state index is 0.00928. The van der Waals surface area contributed by atoms with E-state index >= 15 is 0 Å². The van der Waals surface area contributed by atoms with Gasteiger partial charge in [0, 0.05) is 18.2 Å². The molecule has 1 aliphatic heterocycles. The molecule has 0 amide bonds. The Balaban J connectivity index is 1.73. The lowest BCUT2D eigenvalue weighted by Crippen LogP contribution is -2.29. The molecular formula is C23H27FN4O3. The van der Waals surface area contributed by atoms with Crippen molar-refractivity contribution in [2.45, 2.75) is 45.6 Å². The lowest BCUT2D eigenvalue weighted by atomic mass is 9.98. The second-order valence-electron chi connectivity index (χ2n) is 8.38. The van der Waals surface area contributed by atoms with Gasteiger partial charge in [-0.1, -0.05) is 26.3 Å². The number of phenols is 2. The number of halogens is 1. The minimum atomic E-state index is -0.545. The number of aromatic amines is 1. The average molecular weight is 426 g/mol. The van der Waals surface area contributed by atoms with Crippen LogP contribution in [0.5, 0.6) is 11.5 Å². The molecule has 1 fully saturated rings. The largest absolute Gasteiger partial charge is 0.508 e. The fourth-order valence-corrected chi connectivity index (χ4v) is 4.11. The van der Waals surface area contributed by atoms with E-state index in [0.717, 1.165) is 25.9 Å². The summed E-state index contributed by atoms with van der Waals surface area (Å²) in [5.41, 5.74) is 1.23. The van der Waals surface area contributed by atoms with Gasteiger partial charge in [0.2, 0.25) is 0 Å². The Morgan fingerprint density at radius 3 is 2.52 bits per heavy atom. The van der Waals surface area contributed by atoms with E-state index in [1.807, 2.05) is 13.8 Å². The quantitative estimate of drug-likeness (QED) is 0.576. The van der Waals surface area contributed by atoms with Gasteiger partial charge in [0.05, 0.1) is 11.3 Å². The predicted molar refractivity (Wildman–Crippen MR) is 116 cm³/mol. The molecule has 0 saturated carbocycles. The van der Waals surface area contributed by atoms with Crippen LogP contribution < -0.4 is 5.69 Å². The van der Waals surface area contributed by atoms with E-state index < -0.39 is 5.69 Å². The smallest absolute Gasteiger partial charge is 0.348 e. The molecule has 31 heavy (non-hydrogen) atoms. The summed E-state index contributed by atoms with van der Waals surface area (Å²) in [5.74, 6) is -0.504. The molecular weight excluding hydrogens is 399 g/mol. The summed E-state index contributed by atoms with van der Waals surface area (Å²) in [4.78, 5) is 14.7. The van der Waals surface area contributed by atoms with Gasteiger partial charge in [-0.15, -0.1) is 0 Å². The number of rotatable bonds is 5. The van der Waals surface area contributed by atoms with E-state index in [-0.39, 0.29) is 34.6 Å². The van der Waals surface area contributed by atoms with Gasteiger partial charge < -0.3 is 10.2 Å². The molecule has 0 bridgehead atoms.